The van der Waals surface area contributed by atoms with E-state index in [0.717, 1.165) is 27.4 Å². The second kappa shape index (κ2) is 4.30. The summed E-state index contributed by atoms with van der Waals surface area (Å²) >= 11 is 3.49. The maximum absolute atomic E-state index is 5.79. The van der Waals surface area contributed by atoms with E-state index in [0.29, 0.717) is 5.92 Å². The van der Waals surface area contributed by atoms with Crippen LogP contribution in [0.15, 0.2) is 33.2 Å². The molecular weight excluding hydrogens is 278 g/mol. The number of aryl methyl sites for hydroxylation is 1. The average Bonchev–Trinajstić information content (AvgIpc) is 2.57. The van der Waals surface area contributed by atoms with Gasteiger partial charge in [0.15, 0.2) is 5.89 Å². The fraction of sp³-hybridized carbons (Fsp3) is 0.357. The van der Waals surface area contributed by atoms with E-state index in [-0.39, 0.29) is 0 Å². The quantitative estimate of drug-likeness (QED) is 0.803. The monoisotopic (exact) mass is 291 g/mol. The molecule has 0 amide bonds. The van der Waals surface area contributed by atoms with E-state index in [2.05, 4.69) is 33.0 Å². The second-order valence-corrected chi connectivity index (χ2v) is 5.51. The van der Waals surface area contributed by atoms with Gasteiger partial charge in [-0.15, -0.1) is 0 Å². The molecule has 2 aromatic rings. The number of hydrogen-bond donors (Lipinski definition) is 0. The van der Waals surface area contributed by atoms with E-state index >= 15 is 0 Å². The predicted octanol–water partition coefficient (Wildman–Crippen LogP) is 4.68. The Labute approximate surface area is 109 Å². The van der Waals surface area contributed by atoms with E-state index in [1.165, 1.54) is 19.3 Å². The van der Waals surface area contributed by atoms with Gasteiger partial charge in [0, 0.05) is 16.0 Å². The van der Waals surface area contributed by atoms with E-state index in [9.17, 15) is 0 Å². The normalized spacial score (nSPS) is 15.9. The Hall–Kier alpha value is -1.09. The van der Waals surface area contributed by atoms with Crippen LogP contribution in [0.1, 0.15) is 36.8 Å². The molecule has 0 atom stereocenters. The van der Waals surface area contributed by atoms with E-state index in [4.69, 9.17) is 4.42 Å². The highest BCUT2D eigenvalue weighted by atomic mass is 79.9. The third kappa shape index (κ3) is 2.04. The molecule has 3 rings (SSSR count). The first-order valence-electron chi connectivity index (χ1n) is 5.97. The third-order valence-electron chi connectivity index (χ3n) is 3.37. The van der Waals surface area contributed by atoms with Crippen molar-refractivity contribution in [1.82, 2.24) is 4.98 Å². The fourth-order valence-electron chi connectivity index (χ4n) is 2.15. The topological polar surface area (TPSA) is 26.0 Å². The van der Waals surface area contributed by atoms with Crippen LogP contribution < -0.4 is 0 Å². The molecule has 0 spiro atoms. The number of oxazole rings is 1. The van der Waals surface area contributed by atoms with Gasteiger partial charge in [-0.3, -0.25) is 0 Å². The number of hydrogen-bond acceptors (Lipinski definition) is 2. The van der Waals surface area contributed by atoms with Crippen molar-refractivity contribution in [3.8, 4) is 11.3 Å². The molecule has 1 aromatic carbocycles. The Morgan fingerprint density at radius 1 is 1.35 bits per heavy atom. The minimum absolute atomic E-state index is 0.551. The van der Waals surface area contributed by atoms with Crippen LogP contribution in [-0.2, 0) is 0 Å². The van der Waals surface area contributed by atoms with Crippen LogP contribution >= 0.6 is 15.9 Å². The van der Waals surface area contributed by atoms with Gasteiger partial charge < -0.3 is 4.42 Å². The van der Waals surface area contributed by atoms with Crippen LogP contribution in [-0.4, -0.2) is 4.98 Å². The van der Waals surface area contributed by atoms with Gasteiger partial charge >= 0.3 is 0 Å². The number of nitrogens with zero attached hydrogens (tertiary/aromatic N) is 1. The molecule has 1 heterocycles. The standard InChI is InChI=1S/C14H14BrNO/c1-9-13(11-6-3-7-12(15)8-11)16-14(17-9)10-4-2-5-10/h3,6-8,10H,2,4-5H2,1H3. The molecule has 0 radical (unpaired) electrons. The molecule has 17 heavy (non-hydrogen) atoms. The lowest BCUT2D eigenvalue weighted by atomic mass is 9.85. The van der Waals surface area contributed by atoms with Crippen molar-refractivity contribution < 1.29 is 4.42 Å². The van der Waals surface area contributed by atoms with Crippen LogP contribution in [0.5, 0.6) is 0 Å². The van der Waals surface area contributed by atoms with Crippen molar-refractivity contribution in [2.75, 3.05) is 0 Å². The second-order valence-electron chi connectivity index (χ2n) is 4.60. The predicted molar refractivity (Wildman–Crippen MR) is 71.0 cm³/mol. The largest absolute Gasteiger partial charge is 0.445 e. The summed E-state index contributed by atoms with van der Waals surface area (Å²) in [5.41, 5.74) is 2.10. The van der Waals surface area contributed by atoms with Gasteiger partial charge in [-0.25, -0.2) is 4.98 Å². The Bertz CT molecular complexity index is 543. The molecule has 0 saturated heterocycles. The number of aromatic nitrogens is 1. The highest BCUT2D eigenvalue weighted by Gasteiger charge is 2.25. The van der Waals surface area contributed by atoms with Gasteiger partial charge in [-0.1, -0.05) is 34.5 Å². The van der Waals surface area contributed by atoms with Crippen molar-refractivity contribution in [1.29, 1.82) is 0 Å². The first kappa shape index (κ1) is 11.0. The Balaban J connectivity index is 1.99. The van der Waals surface area contributed by atoms with Gasteiger partial charge in [0.05, 0.1) is 0 Å². The summed E-state index contributed by atoms with van der Waals surface area (Å²) < 4.78 is 6.86. The summed E-state index contributed by atoms with van der Waals surface area (Å²) in [4.78, 5) is 4.66. The van der Waals surface area contributed by atoms with Crippen molar-refractivity contribution in [3.63, 3.8) is 0 Å². The summed E-state index contributed by atoms with van der Waals surface area (Å²) in [7, 11) is 0. The van der Waals surface area contributed by atoms with Crippen LogP contribution in [0.3, 0.4) is 0 Å². The molecule has 1 aliphatic rings. The van der Waals surface area contributed by atoms with Gasteiger partial charge in [0.1, 0.15) is 11.5 Å². The molecule has 1 fully saturated rings. The van der Waals surface area contributed by atoms with Crippen molar-refractivity contribution in [2.45, 2.75) is 32.1 Å². The summed E-state index contributed by atoms with van der Waals surface area (Å²) in [6, 6.07) is 8.19. The molecule has 1 aromatic heterocycles. The van der Waals surface area contributed by atoms with Crippen molar-refractivity contribution in [3.05, 3.63) is 40.4 Å². The SMILES string of the molecule is Cc1oc(C2CCC2)nc1-c1cccc(Br)c1. The van der Waals surface area contributed by atoms with Crippen LogP contribution in [0, 0.1) is 6.92 Å². The first-order chi connectivity index (χ1) is 8.24. The smallest absolute Gasteiger partial charge is 0.198 e. The lowest BCUT2D eigenvalue weighted by Crippen LogP contribution is -2.08. The third-order valence-corrected chi connectivity index (χ3v) is 3.86. The number of benzene rings is 1. The van der Waals surface area contributed by atoms with Crippen LogP contribution in [0.25, 0.3) is 11.3 Å². The number of rotatable bonds is 2. The molecule has 0 bridgehead atoms. The molecular formula is C14H14BrNO. The van der Waals surface area contributed by atoms with E-state index in [1.807, 2.05) is 19.1 Å². The molecule has 1 saturated carbocycles. The maximum Gasteiger partial charge on any atom is 0.198 e. The fourth-order valence-corrected chi connectivity index (χ4v) is 2.55. The Kier molecular flexibility index (Phi) is 2.79. The Morgan fingerprint density at radius 2 is 2.18 bits per heavy atom. The average molecular weight is 292 g/mol. The molecule has 3 heteroatoms. The zero-order valence-corrected chi connectivity index (χ0v) is 11.3. The summed E-state index contributed by atoms with van der Waals surface area (Å²) in [5, 5.41) is 0. The van der Waals surface area contributed by atoms with Gasteiger partial charge in [0.25, 0.3) is 0 Å². The summed E-state index contributed by atoms with van der Waals surface area (Å²) in [6.07, 6.45) is 3.74. The lowest BCUT2D eigenvalue weighted by molar-refractivity contribution is 0.329. The summed E-state index contributed by atoms with van der Waals surface area (Å²) in [5.74, 6) is 2.39. The lowest BCUT2D eigenvalue weighted by Gasteiger charge is -2.21. The van der Waals surface area contributed by atoms with Crippen LogP contribution in [0.4, 0.5) is 0 Å². The van der Waals surface area contributed by atoms with Gasteiger partial charge in [-0.05, 0) is 31.9 Å². The molecule has 88 valence electrons. The van der Waals surface area contributed by atoms with E-state index in [1.54, 1.807) is 0 Å². The highest BCUT2D eigenvalue weighted by Crippen LogP contribution is 2.38. The minimum atomic E-state index is 0.551. The minimum Gasteiger partial charge on any atom is -0.445 e. The first-order valence-corrected chi connectivity index (χ1v) is 6.76. The van der Waals surface area contributed by atoms with Crippen molar-refractivity contribution in [2.24, 2.45) is 0 Å². The van der Waals surface area contributed by atoms with Crippen molar-refractivity contribution >= 4 is 15.9 Å². The zero-order valence-electron chi connectivity index (χ0n) is 9.74. The van der Waals surface area contributed by atoms with Crippen LogP contribution in [0.2, 0.25) is 0 Å². The molecule has 1 aliphatic carbocycles. The molecule has 0 unspecified atom stereocenters. The van der Waals surface area contributed by atoms with E-state index < -0.39 is 0 Å². The molecule has 0 aliphatic heterocycles. The maximum atomic E-state index is 5.79. The molecule has 2 nitrogen and oxygen atoms in total. The highest BCUT2D eigenvalue weighted by molar-refractivity contribution is 9.10. The Morgan fingerprint density at radius 3 is 2.82 bits per heavy atom. The summed E-state index contributed by atoms with van der Waals surface area (Å²) in [6.45, 7) is 1.99. The molecule has 0 N–H and O–H groups in total. The number of halogens is 1. The van der Waals surface area contributed by atoms with Gasteiger partial charge in [-0.2, -0.15) is 0 Å². The van der Waals surface area contributed by atoms with Gasteiger partial charge in [0.2, 0.25) is 0 Å². The zero-order chi connectivity index (χ0) is 11.8.